The zero-order valence-corrected chi connectivity index (χ0v) is 14.2. The van der Waals surface area contributed by atoms with Crippen molar-refractivity contribution in [3.8, 4) is 17.0 Å². The molecule has 24 heavy (non-hydrogen) atoms. The number of pyridine rings is 1. The first-order chi connectivity index (χ1) is 11.5. The van der Waals surface area contributed by atoms with Crippen molar-refractivity contribution in [2.75, 3.05) is 26.1 Å². The number of methoxy groups -OCH3 is 1. The molecule has 0 bridgehead atoms. The standard InChI is InChI=1S/C18H20N4O2/c1-11-19-17-14(18(20-11)22(2)3)6-7-15(21-17)12-5-8-16(24-4)13(9-12)10-23/h5-9,23H,10H2,1-4H3. The molecule has 3 aromatic rings. The molecule has 0 unspecified atom stereocenters. The van der Waals surface area contributed by atoms with Crippen LogP contribution in [-0.4, -0.2) is 41.3 Å². The molecule has 2 aromatic heterocycles. The summed E-state index contributed by atoms with van der Waals surface area (Å²) in [6.45, 7) is 1.77. The minimum Gasteiger partial charge on any atom is -0.496 e. The van der Waals surface area contributed by atoms with Gasteiger partial charge < -0.3 is 14.7 Å². The molecule has 0 atom stereocenters. The molecule has 0 aliphatic carbocycles. The number of rotatable bonds is 4. The third kappa shape index (κ3) is 2.88. The highest BCUT2D eigenvalue weighted by molar-refractivity contribution is 5.88. The predicted octanol–water partition coefficient (Wildman–Crippen LogP) is 2.57. The molecule has 124 valence electrons. The van der Waals surface area contributed by atoms with Crippen LogP contribution >= 0.6 is 0 Å². The second-order valence-corrected chi connectivity index (χ2v) is 5.74. The normalized spacial score (nSPS) is 10.9. The molecule has 6 heteroatoms. The number of fused-ring (bicyclic) bond motifs is 1. The fourth-order valence-electron chi connectivity index (χ4n) is 2.66. The van der Waals surface area contributed by atoms with E-state index in [4.69, 9.17) is 4.74 Å². The highest BCUT2D eigenvalue weighted by Gasteiger charge is 2.11. The molecule has 0 radical (unpaired) electrons. The van der Waals surface area contributed by atoms with E-state index in [0.29, 0.717) is 17.2 Å². The van der Waals surface area contributed by atoms with Crippen molar-refractivity contribution < 1.29 is 9.84 Å². The maximum absolute atomic E-state index is 9.50. The van der Waals surface area contributed by atoms with E-state index < -0.39 is 0 Å². The third-order valence-electron chi connectivity index (χ3n) is 3.82. The monoisotopic (exact) mass is 324 g/mol. The predicted molar refractivity (Wildman–Crippen MR) is 94.3 cm³/mol. The lowest BCUT2D eigenvalue weighted by Crippen LogP contribution is -2.12. The molecular formula is C18H20N4O2. The second kappa shape index (κ2) is 6.41. The Morgan fingerprint density at radius 3 is 2.54 bits per heavy atom. The fourth-order valence-corrected chi connectivity index (χ4v) is 2.66. The average Bonchev–Trinajstić information content (AvgIpc) is 2.59. The van der Waals surface area contributed by atoms with Crippen molar-refractivity contribution in [1.29, 1.82) is 0 Å². The number of aromatic nitrogens is 3. The Hall–Kier alpha value is -2.73. The Morgan fingerprint density at radius 2 is 1.88 bits per heavy atom. The number of anilines is 1. The van der Waals surface area contributed by atoms with E-state index in [1.807, 2.05) is 56.3 Å². The zero-order chi connectivity index (χ0) is 17.3. The Labute approximate surface area is 140 Å². The molecule has 0 saturated carbocycles. The van der Waals surface area contributed by atoms with Crippen LogP contribution in [0, 0.1) is 6.92 Å². The SMILES string of the molecule is COc1ccc(-c2ccc3c(N(C)C)nc(C)nc3n2)cc1CO. The molecule has 1 N–H and O–H groups in total. The lowest BCUT2D eigenvalue weighted by Gasteiger charge is -2.15. The number of aryl methyl sites for hydroxylation is 1. The first-order valence-electron chi connectivity index (χ1n) is 7.64. The molecule has 0 fully saturated rings. The number of nitrogens with zero attached hydrogens (tertiary/aromatic N) is 4. The van der Waals surface area contributed by atoms with Crippen molar-refractivity contribution in [2.45, 2.75) is 13.5 Å². The Kier molecular flexibility index (Phi) is 4.31. The van der Waals surface area contributed by atoms with Gasteiger partial charge >= 0.3 is 0 Å². The summed E-state index contributed by atoms with van der Waals surface area (Å²) in [5.74, 6) is 2.19. The van der Waals surface area contributed by atoms with Crippen LogP contribution in [0.4, 0.5) is 5.82 Å². The number of aliphatic hydroxyl groups is 1. The summed E-state index contributed by atoms with van der Waals surface area (Å²) < 4.78 is 5.25. The van der Waals surface area contributed by atoms with Crippen LogP contribution < -0.4 is 9.64 Å². The molecule has 1 aromatic carbocycles. The maximum Gasteiger partial charge on any atom is 0.165 e. The van der Waals surface area contributed by atoms with Gasteiger partial charge in [-0.15, -0.1) is 0 Å². The van der Waals surface area contributed by atoms with Gasteiger partial charge in [0.15, 0.2) is 5.65 Å². The highest BCUT2D eigenvalue weighted by Crippen LogP contribution is 2.28. The minimum absolute atomic E-state index is 0.0867. The Morgan fingerprint density at radius 1 is 1.08 bits per heavy atom. The van der Waals surface area contributed by atoms with Gasteiger partial charge in [0.1, 0.15) is 17.4 Å². The molecule has 0 saturated heterocycles. The van der Waals surface area contributed by atoms with Crippen molar-refractivity contribution in [3.63, 3.8) is 0 Å². The quantitative estimate of drug-likeness (QED) is 0.795. The average molecular weight is 324 g/mol. The Balaban J connectivity index is 2.15. The van der Waals surface area contributed by atoms with Crippen molar-refractivity contribution in [3.05, 3.63) is 41.7 Å². The summed E-state index contributed by atoms with van der Waals surface area (Å²) >= 11 is 0. The number of ether oxygens (including phenoxy) is 1. The van der Waals surface area contributed by atoms with Crippen LogP contribution in [0.15, 0.2) is 30.3 Å². The minimum atomic E-state index is -0.0867. The Bertz CT molecular complexity index is 894. The summed E-state index contributed by atoms with van der Waals surface area (Å²) in [4.78, 5) is 15.6. The number of aliphatic hydroxyl groups excluding tert-OH is 1. The van der Waals surface area contributed by atoms with E-state index in [1.54, 1.807) is 7.11 Å². The number of benzene rings is 1. The van der Waals surface area contributed by atoms with Crippen molar-refractivity contribution >= 4 is 16.9 Å². The van der Waals surface area contributed by atoms with E-state index in [1.165, 1.54) is 0 Å². The molecule has 0 aliphatic rings. The largest absolute Gasteiger partial charge is 0.496 e. The van der Waals surface area contributed by atoms with E-state index >= 15 is 0 Å². The van der Waals surface area contributed by atoms with Gasteiger partial charge in [-0.05, 0) is 37.3 Å². The van der Waals surface area contributed by atoms with Gasteiger partial charge in [0.2, 0.25) is 0 Å². The summed E-state index contributed by atoms with van der Waals surface area (Å²) in [6.07, 6.45) is 0. The lowest BCUT2D eigenvalue weighted by atomic mass is 10.1. The van der Waals surface area contributed by atoms with Crippen molar-refractivity contribution in [1.82, 2.24) is 15.0 Å². The van der Waals surface area contributed by atoms with E-state index in [-0.39, 0.29) is 6.61 Å². The van der Waals surface area contributed by atoms with Crippen LogP contribution in [0.3, 0.4) is 0 Å². The van der Waals surface area contributed by atoms with Gasteiger partial charge in [0.25, 0.3) is 0 Å². The van der Waals surface area contributed by atoms with E-state index in [2.05, 4.69) is 15.0 Å². The van der Waals surface area contributed by atoms with Gasteiger partial charge in [-0.25, -0.2) is 15.0 Å². The molecule has 0 amide bonds. The van der Waals surface area contributed by atoms with Gasteiger partial charge in [-0.3, -0.25) is 0 Å². The topological polar surface area (TPSA) is 71.4 Å². The smallest absolute Gasteiger partial charge is 0.165 e. The van der Waals surface area contributed by atoms with Crippen molar-refractivity contribution in [2.24, 2.45) is 0 Å². The highest BCUT2D eigenvalue weighted by atomic mass is 16.5. The molecule has 2 heterocycles. The first kappa shape index (κ1) is 16.1. The first-order valence-corrected chi connectivity index (χ1v) is 7.64. The molecule has 3 rings (SSSR count). The molecule has 6 nitrogen and oxygen atoms in total. The molecule has 0 spiro atoms. The molecule has 0 aliphatic heterocycles. The van der Waals surface area contributed by atoms with Crippen LogP contribution in [0.25, 0.3) is 22.3 Å². The van der Waals surface area contributed by atoms with Crippen LogP contribution in [0.5, 0.6) is 5.75 Å². The number of hydrogen-bond donors (Lipinski definition) is 1. The number of hydrogen-bond acceptors (Lipinski definition) is 6. The summed E-state index contributed by atoms with van der Waals surface area (Å²) in [7, 11) is 5.49. The van der Waals surface area contributed by atoms with Gasteiger partial charge in [0, 0.05) is 25.2 Å². The molecular weight excluding hydrogens is 304 g/mol. The van der Waals surface area contributed by atoms with Gasteiger partial charge in [0.05, 0.1) is 24.8 Å². The summed E-state index contributed by atoms with van der Waals surface area (Å²) in [6, 6.07) is 9.57. The second-order valence-electron chi connectivity index (χ2n) is 5.74. The van der Waals surface area contributed by atoms with E-state index in [0.717, 1.165) is 28.0 Å². The third-order valence-corrected chi connectivity index (χ3v) is 3.82. The fraction of sp³-hybridized carbons (Fsp3) is 0.278. The van der Waals surface area contributed by atoms with Gasteiger partial charge in [-0.2, -0.15) is 0 Å². The summed E-state index contributed by atoms with van der Waals surface area (Å²) in [5, 5.41) is 10.4. The van der Waals surface area contributed by atoms with Crippen LogP contribution in [-0.2, 0) is 6.61 Å². The van der Waals surface area contributed by atoms with Gasteiger partial charge in [-0.1, -0.05) is 0 Å². The van der Waals surface area contributed by atoms with Crippen LogP contribution in [0.1, 0.15) is 11.4 Å². The maximum atomic E-state index is 9.50. The lowest BCUT2D eigenvalue weighted by molar-refractivity contribution is 0.274. The van der Waals surface area contributed by atoms with E-state index in [9.17, 15) is 5.11 Å². The zero-order valence-electron chi connectivity index (χ0n) is 14.2. The van der Waals surface area contributed by atoms with Crippen LogP contribution in [0.2, 0.25) is 0 Å². The summed E-state index contributed by atoms with van der Waals surface area (Å²) in [5.41, 5.74) is 3.09.